The fourth-order valence-corrected chi connectivity index (χ4v) is 6.57. The Bertz CT molecular complexity index is 1110. The Labute approximate surface area is 198 Å². The summed E-state index contributed by atoms with van der Waals surface area (Å²) in [5.74, 6) is 0.929. The highest BCUT2D eigenvalue weighted by Crippen LogP contribution is 2.38. The zero-order valence-corrected chi connectivity index (χ0v) is 19.4. The van der Waals surface area contributed by atoms with Crippen molar-refractivity contribution in [1.29, 1.82) is 0 Å². The molecule has 5 heterocycles. The Kier molecular flexibility index (Phi) is 5.42. The number of piperidine rings is 4. The number of carbonyl (C=O) groups excluding carboxylic acids is 3. The summed E-state index contributed by atoms with van der Waals surface area (Å²) < 4.78 is 0. The minimum atomic E-state index is -0.169. The molecule has 2 aromatic rings. The number of H-pyrrole nitrogens is 1. The zero-order chi connectivity index (χ0) is 23.2. The van der Waals surface area contributed by atoms with Gasteiger partial charge >= 0.3 is 6.03 Å². The van der Waals surface area contributed by atoms with E-state index < -0.39 is 0 Å². The van der Waals surface area contributed by atoms with Crippen LogP contribution in [0.5, 0.6) is 0 Å². The van der Waals surface area contributed by atoms with Gasteiger partial charge in [-0.3, -0.25) is 14.7 Å². The Hall–Kier alpha value is -3.10. The molecule has 6 rings (SSSR count). The van der Waals surface area contributed by atoms with Gasteiger partial charge in [-0.05, 0) is 50.0 Å². The van der Waals surface area contributed by atoms with Crippen molar-refractivity contribution in [3.05, 3.63) is 30.0 Å². The van der Waals surface area contributed by atoms with Crippen LogP contribution < -0.4 is 5.32 Å². The molecular weight excluding hydrogens is 432 g/mol. The third-order valence-electron chi connectivity index (χ3n) is 8.24. The normalized spacial score (nSPS) is 27.6. The molecule has 0 saturated carbocycles. The van der Waals surface area contributed by atoms with Gasteiger partial charge in [0.2, 0.25) is 5.91 Å². The molecule has 4 aliphatic heterocycles. The second-order valence-electron chi connectivity index (χ2n) is 10.4. The quantitative estimate of drug-likeness (QED) is 0.712. The van der Waals surface area contributed by atoms with Gasteiger partial charge in [-0.25, -0.2) is 4.79 Å². The van der Waals surface area contributed by atoms with Crippen molar-refractivity contribution in [2.75, 3.05) is 32.7 Å². The van der Waals surface area contributed by atoms with Gasteiger partial charge in [0.1, 0.15) is 0 Å². The zero-order valence-electron chi connectivity index (χ0n) is 19.4. The molecule has 4 fully saturated rings. The maximum atomic E-state index is 13.3. The molecule has 2 N–H and O–H groups in total. The van der Waals surface area contributed by atoms with Gasteiger partial charge in [0.25, 0.3) is 5.91 Å². The number of nitrogens with one attached hydrogen (secondary N) is 2. The first-order valence-corrected chi connectivity index (χ1v) is 12.6. The summed E-state index contributed by atoms with van der Waals surface area (Å²) >= 11 is 0. The van der Waals surface area contributed by atoms with Crippen LogP contribution in [-0.4, -0.2) is 87.6 Å². The Morgan fingerprint density at radius 3 is 2.71 bits per heavy atom. The van der Waals surface area contributed by atoms with E-state index in [1.807, 2.05) is 34.1 Å². The summed E-state index contributed by atoms with van der Waals surface area (Å²) in [6.07, 6.45) is 5.34. The van der Waals surface area contributed by atoms with Crippen molar-refractivity contribution in [2.45, 2.75) is 50.6 Å². The monoisotopic (exact) mass is 464 g/mol. The van der Waals surface area contributed by atoms with Crippen LogP contribution >= 0.6 is 0 Å². The molecule has 0 spiro atoms. The van der Waals surface area contributed by atoms with Gasteiger partial charge in [-0.15, -0.1) is 0 Å². The first kappa shape index (κ1) is 21.4. The molecule has 2 bridgehead atoms. The van der Waals surface area contributed by atoms with Crippen molar-refractivity contribution in [2.24, 2.45) is 11.8 Å². The second kappa shape index (κ2) is 8.60. The van der Waals surface area contributed by atoms with Crippen LogP contribution in [-0.2, 0) is 4.79 Å². The lowest BCUT2D eigenvalue weighted by Gasteiger charge is -2.53. The summed E-state index contributed by atoms with van der Waals surface area (Å²) in [5, 5.41) is 11.0. The van der Waals surface area contributed by atoms with Crippen molar-refractivity contribution in [3.63, 3.8) is 0 Å². The van der Waals surface area contributed by atoms with Crippen LogP contribution in [0.4, 0.5) is 4.79 Å². The summed E-state index contributed by atoms with van der Waals surface area (Å²) in [6.45, 7) is 3.59. The molecule has 180 valence electrons. The first-order valence-electron chi connectivity index (χ1n) is 12.6. The molecule has 9 heteroatoms. The number of nitrogens with zero attached hydrogens (tertiary/aromatic N) is 4. The topological polar surface area (TPSA) is 102 Å². The Balaban J connectivity index is 1.04. The molecule has 0 aliphatic carbocycles. The number of likely N-dealkylation sites (tertiary alicyclic amines) is 2. The lowest BCUT2D eigenvalue weighted by molar-refractivity contribution is -0.144. The Morgan fingerprint density at radius 1 is 1.03 bits per heavy atom. The molecule has 0 unspecified atom stereocenters. The number of aromatic nitrogens is 2. The Morgan fingerprint density at radius 2 is 1.85 bits per heavy atom. The molecular formula is C25H32N6O3. The van der Waals surface area contributed by atoms with Crippen LogP contribution in [0.15, 0.2) is 24.3 Å². The number of hydrogen-bond donors (Lipinski definition) is 2. The number of urea groups is 1. The highest BCUT2D eigenvalue weighted by Gasteiger charge is 2.45. The van der Waals surface area contributed by atoms with E-state index in [1.165, 1.54) is 0 Å². The van der Waals surface area contributed by atoms with Crippen LogP contribution in [0, 0.1) is 11.8 Å². The molecule has 1 aromatic heterocycles. The average molecular weight is 465 g/mol. The number of rotatable bonds is 2. The molecule has 34 heavy (non-hydrogen) atoms. The summed E-state index contributed by atoms with van der Waals surface area (Å²) in [4.78, 5) is 44.6. The average Bonchev–Trinajstić information content (AvgIpc) is 3.29. The minimum absolute atomic E-state index is 0.0366. The molecule has 0 radical (unpaired) electrons. The highest BCUT2D eigenvalue weighted by molar-refractivity contribution is 6.04. The molecule has 9 nitrogen and oxygen atoms in total. The third-order valence-corrected chi connectivity index (χ3v) is 8.24. The van der Waals surface area contributed by atoms with E-state index in [1.54, 1.807) is 0 Å². The summed E-state index contributed by atoms with van der Waals surface area (Å²) in [6, 6.07) is 8.08. The van der Waals surface area contributed by atoms with Crippen LogP contribution in [0.2, 0.25) is 0 Å². The minimum Gasteiger partial charge on any atom is -0.348 e. The number of para-hydroxylation sites is 1. The van der Waals surface area contributed by atoms with E-state index >= 15 is 0 Å². The van der Waals surface area contributed by atoms with E-state index in [0.29, 0.717) is 49.0 Å². The molecule has 4 aliphatic rings. The maximum Gasteiger partial charge on any atom is 0.320 e. The fraction of sp³-hybridized carbons (Fsp3) is 0.600. The number of hydrogen-bond acceptors (Lipinski definition) is 4. The smallest absolute Gasteiger partial charge is 0.320 e. The fourth-order valence-electron chi connectivity index (χ4n) is 6.57. The maximum absolute atomic E-state index is 13.3. The van der Waals surface area contributed by atoms with Crippen LogP contribution in [0.3, 0.4) is 0 Å². The van der Waals surface area contributed by atoms with E-state index in [-0.39, 0.29) is 18.0 Å². The molecule has 4 amide bonds. The predicted octanol–water partition coefficient (Wildman–Crippen LogP) is 2.21. The van der Waals surface area contributed by atoms with Crippen LogP contribution in [0.1, 0.15) is 49.0 Å². The number of amides is 4. The molecule has 3 atom stereocenters. The van der Waals surface area contributed by atoms with Crippen molar-refractivity contribution in [3.8, 4) is 0 Å². The predicted molar refractivity (Wildman–Crippen MR) is 126 cm³/mol. The highest BCUT2D eigenvalue weighted by atomic mass is 16.2. The van der Waals surface area contributed by atoms with E-state index in [2.05, 4.69) is 20.4 Å². The second-order valence-corrected chi connectivity index (χ2v) is 10.4. The van der Waals surface area contributed by atoms with Crippen LogP contribution in [0.25, 0.3) is 10.9 Å². The van der Waals surface area contributed by atoms with Gasteiger partial charge in [0.15, 0.2) is 5.69 Å². The van der Waals surface area contributed by atoms with Gasteiger partial charge in [0.05, 0.1) is 5.52 Å². The van der Waals surface area contributed by atoms with Crippen molar-refractivity contribution >= 4 is 28.7 Å². The van der Waals surface area contributed by atoms with E-state index in [4.69, 9.17) is 0 Å². The first-order chi connectivity index (χ1) is 16.6. The van der Waals surface area contributed by atoms with E-state index in [9.17, 15) is 14.4 Å². The van der Waals surface area contributed by atoms with Gasteiger partial charge in [0, 0.05) is 56.6 Å². The number of carbonyl (C=O) groups is 3. The largest absolute Gasteiger partial charge is 0.348 e. The summed E-state index contributed by atoms with van der Waals surface area (Å²) in [5.41, 5.74) is 1.27. The van der Waals surface area contributed by atoms with Gasteiger partial charge < -0.3 is 20.0 Å². The number of fused-ring (bicyclic) bond motifs is 5. The number of aromatic amines is 1. The SMILES string of the molecule is O=C(NC1CCN(C(=O)N2C[C@H]3C[C@H](C2)[C@H]2CCCC(=O)N2C3)CC1)c1n[nH]c2ccccc12. The van der Waals surface area contributed by atoms with Crippen molar-refractivity contribution in [1.82, 2.24) is 30.2 Å². The van der Waals surface area contributed by atoms with Gasteiger partial charge in [-0.1, -0.05) is 18.2 Å². The number of benzene rings is 1. The summed E-state index contributed by atoms with van der Waals surface area (Å²) in [7, 11) is 0. The van der Waals surface area contributed by atoms with Crippen molar-refractivity contribution < 1.29 is 14.4 Å². The lowest BCUT2D eigenvalue weighted by Crippen LogP contribution is -2.62. The lowest BCUT2D eigenvalue weighted by atomic mass is 9.76. The van der Waals surface area contributed by atoms with Gasteiger partial charge in [-0.2, -0.15) is 5.10 Å². The molecule has 4 saturated heterocycles. The standard InChI is InChI=1S/C25H32N6O3/c32-22-7-3-6-21-17-12-16(14-31(21)22)13-30(15-17)25(34)29-10-8-18(9-11-29)26-24(33)23-19-4-1-2-5-20(19)27-28-23/h1-2,4-5,16-18,21H,3,6-15H2,(H,26,33)(H,27,28)/t16-,17-,21-/m1/s1. The molecule has 1 aromatic carbocycles. The van der Waals surface area contributed by atoms with E-state index in [0.717, 1.165) is 62.6 Å². The third kappa shape index (κ3) is 3.80.